The van der Waals surface area contributed by atoms with E-state index in [-0.39, 0.29) is 5.89 Å². The van der Waals surface area contributed by atoms with E-state index >= 15 is 0 Å². The Hall–Kier alpha value is -2.54. The van der Waals surface area contributed by atoms with Crippen molar-refractivity contribution in [3.05, 3.63) is 64.7 Å². The van der Waals surface area contributed by atoms with E-state index in [1.807, 2.05) is 42.5 Å². The van der Waals surface area contributed by atoms with Crippen molar-refractivity contribution in [1.29, 1.82) is 0 Å². The van der Waals surface area contributed by atoms with E-state index in [9.17, 15) is 4.79 Å². The summed E-state index contributed by atoms with van der Waals surface area (Å²) in [4.78, 5) is 16.1. The second-order valence-electron chi connectivity index (χ2n) is 4.43. The number of aromatic nitrogens is 3. The number of carbonyl (C=O) groups is 1. The second kappa shape index (κ2) is 6.48. The number of carbonyl (C=O) groups excluding carboxylic acids is 1. The highest BCUT2D eigenvalue weighted by Gasteiger charge is 2.15. The van der Waals surface area contributed by atoms with Crippen LogP contribution in [0, 0.1) is 0 Å². The number of nitrogens with zero attached hydrogens (tertiary/aromatic N) is 3. The lowest BCUT2D eigenvalue weighted by Gasteiger charge is -2.00. The molecule has 0 saturated heterocycles. The van der Waals surface area contributed by atoms with Crippen LogP contribution in [0.25, 0.3) is 11.5 Å². The van der Waals surface area contributed by atoms with Gasteiger partial charge in [0, 0.05) is 16.2 Å². The van der Waals surface area contributed by atoms with Gasteiger partial charge in [-0.2, -0.15) is 0 Å². The third-order valence-electron chi connectivity index (χ3n) is 2.85. The van der Waals surface area contributed by atoms with E-state index in [1.54, 1.807) is 6.20 Å². The molecule has 1 aromatic carbocycles. The van der Waals surface area contributed by atoms with Crippen molar-refractivity contribution in [3.63, 3.8) is 0 Å². The average molecular weight is 359 g/mol. The lowest BCUT2D eigenvalue weighted by molar-refractivity contribution is 0.0916. The maximum Gasteiger partial charge on any atom is 0.309 e. The van der Waals surface area contributed by atoms with Crippen LogP contribution in [0.3, 0.4) is 0 Å². The zero-order chi connectivity index (χ0) is 15.4. The fourth-order valence-corrected chi connectivity index (χ4v) is 2.20. The number of pyridine rings is 1. The number of hydrogen-bond donors (Lipinski definition) is 1. The average Bonchev–Trinajstić information content (AvgIpc) is 3.04. The molecule has 6 nitrogen and oxygen atoms in total. The number of hydrogen-bond acceptors (Lipinski definition) is 5. The van der Waals surface area contributed by atoms with Gasteiger partial charge < -0.3 is 9.73 Å². The van der Waals surface area contributed by atoms with Gasteiger partial charge in [-0.05, 0) is 30.3 Å². The Morgan fingerprint density at radius 2 is 2.09 bits per heavy atom. The molecule has 0 radical (unpaired) electrons. The molecule has 0 aliphatic heterocycles. The third-order valence-corrected chi connectivity index (χ3v) is 3.34. The normalized spacial score (nSPS) is 10.4. The molecule has 110 valence electrons. The van der Waals surface area contributed by atoms with Gasteiger partial charge in [0.15, 0.2) is 0 Å². The molecule has 0 saturated carbocycles. The van der Waals surface area contributed by atoms with Crippen molar-refractivity contribution >= 4 is 21.8 Å². The Kier molecular flexibility index (Phi) is 4.24. The molecule has 1 N–H and O–H groups in total. The monoisotopic (exact) mass is 358 g/mol. The van der Waals surface area contributed by atoms with Crippen molar-refractivity contribution in [3.8, 4) is 11.5 Å². The van der Waals surface area contributed by atoms with Gasteiger partial charge in [-0.25, -0.2) is 0 Å². The van der Waals surface area contributed by atoms with Crippen LogP contribution in [0.5, 0.6) is 0 Å². The molecule has 3 rings (SSSR count). The van der Waals surface area contributed by atoms with Gasteiger partial charge in [0.2, 0.25) is 5.89 Å². The number of nitrogens with one attached hydrogen (secondary N) is 1. The van der Waals surface area contributed by atoms with Gasteiger partial charge in [0.25, 0.3) is 0 Å². The minimum Gasteiger partial charge on any atom is -0.412 e. The van der Waals surface area contributed by atoms with E-state index in [4.69, 9.17) is 4.42 Å². The summed E-state index contributed by atoms with van der Waals surface area (Å²) in [6.07, 6.45) is 1.67. The van der Waals surface area contributed by atoms with Crippen molar-refractivity contribution < 1.29 is 9.21 Å². The SMILES string of the molecule is O=C(NCc1ccccn1)c1nnc(-c2cccc(Br)c2)o1. The second-order valence-corrected chi connectivity index (χ2v) is 5.34. The van der Waals surface area contributed by atoms with Crippen LogP contribution in [0.1, 0.15) is 16.4 Å². The molecule has 0 aliphatic carbocycles. The summed E-state index contributed by atoms with van der Waals surface area (Å²) >= 11 is 3.37. The van der Waals surface area contributed by atoms with Crippen LogP contribution < -0.4 is 5.32 Å². The van der Waals surface area contributed by atoms with Crippen LogP contribution in [0.15, 0.2) is 57.6 Å². The third kappa shape index (κ3) is 3.37. The van der Waals surface area contributed by atoms with Crippen LogP contribution >= 0.6 is 15.9 Å². The fraction of sp³-hybridized carbons (Fsp3) is 0.0667. The molecule has 7 heteroatoms. The summed E-state index contributed by atoms with van der Waals surface area (Å²) in [5, 5.41) is 10.3. The lowest BCUT2D eigenvalue weighted by Crippen LogP contribution is -2.23. The Labute approximate surface area is 134 Å². The molecule has 2 aromatic heterocycles. The molecule has 2 heterocycles. The van der Waals surface area contributed by atoms with E-state index in [0.717, 1.165) is 15.7 Å². The molecular weight excluding hydrogens is 348 g/mol. The number of rotatable bonds is 4. The number of amides is 1. The maximum atomic E-state index is 12.0. The standard InChI is InChI=1S/C15H11BrN4O2/c16-11-5-3-4-10(8-11)14-19-20-15(22-14)13(21)18-9-12-6-1-2-7-17-12/h1-8H,9H2,(H,18,21). The smallest absolute Gasteiger partial charge is 0.309 e. The first kappa shape index (κ1) is 14.4. The van der Waals surface area contributed by atoms with Gasteiger partial charge in [-0.3, -0.25) is 9.78 Å². The topological polar surface area (TPSA) is 80.9 Å². The van der Waals surface area contributed by atoms with E-state index in [2.05, 4.69) is 36.4 Å². The summed E-state index contributed by atoms with van der Waals surface area (Å²) in [5.41, 5.74) is 1.49. The summed E-state index contributed by atoms with van der Waals surface area (Å²) in [6.45, 7) is 0.300. The van der Waals surface area contributed by atoms with Gasteiger partial charge in [-0.15, -0.1) is 10.2 Å². The molecule has 0 spiro atoms. The predicted octanol–water partition coefficient (Wildman–Crippen LogP) is 2.82. The van der Waals surface area contributed by atoms with Crippen molar-refractivity contribution in [1.82, 2.24) is 20.5 Å². The predicted molar refractivity (Wildman–Crippen MR) is 82.8 cm³/mol. The highest BCUT2D eigenvalue weighted by atomic mass is 79.9. The Morgan fingerprint density at radius 3 is 2.86 bits per heavy atom. The molecule has 0 atom stereocenters. The lowest BCUT2D eigenvalue weighted by atomic mass is 10.2. The molecule has 0 unspecified atom stereocenters. The van der Waals surface area contributed by atoms with E-state index in [1.165, 1.54) is 0 Å². The minimum atomic E-state index is -0.431. The van der Waals surface area contributed by atoms with Gasteiger partial charge in [0.1, 0.15) is 0 Å². The van der Waals surface area contributed by atoms with Gasteiger partial charge in [-0.1, -0.05) is 28.1 Å². The van der Waals surface area contributed by atoms with Crippen molar-refractivity contribution in [2.75, 3.05) is 0 Å². The van der Waals surface area contributed by atoms with Gasteiger partial charge in [0.05, 0.1) is 12.2 Å². The van der Waals surface area contributed by atoms with E-state index < -0.39 is 5.91 Å². The summed E-state index contributed by atoms with van der Waals surface area (Å²) in [5.74, 6) is -0.213. The van der Waals surface area contributed by atoms with Crippen LogP contribution in [0.2, 0.25) is 0 Å². The quantitative estimate of drug-likeness (QED) is 0.775. The van der Waals surface area contributed by atoms with Crippen LogP contribution in [-0.4, -0.2) is 21.1 Å². The first-order valence-electron chi connectivity index (χ1n) is 6.50. The van der Waals surface area contributed by atoms with Gasteiger partial charge >= 0.3 is 11.8 Å². The Bertz CT molecular complexity index is 789. The molecule has 3 aromatic rings. The number of halogens is 1. The highest BCUT2D eigenvalue weighted by molar-refractivity contribution is 9.10. The Morgan fingerprint density at radius 1 is 1.18 bits per heavy atom. The number of benzene rings is 1. The van der Waals surface area contributed by atoms with Crippen LogP contribution in [0.4, 0.5) is 0 Å². The summed E-state index contributed by atoms with van der Waals surface area (Å²) < 4.78 is 6.29. The largest absolute Gasteiger partial charge is 0.412 e. The molecule has 0 fully saturated rings. The molecule has 1 amide bonds. The summed E-state index contributed by atoms with van der Waals surface area (Å²) in [6, 6.07) is 12.9. The molecule has 0 bridgehead atoms. The zero-order valence-electron chi connectivity index (χ0n) is 11.4. The zero-order valence-corrected chi connectivity index (χ0v) is 12.9. The van der Waals surface area contributed by atoms with Crippen LogP contribution in [-0.2, 0) is 6.54 Å². The van der Waals surface area contributed by atoms with E-state index in [0.29, 0.717) is 12.4 Å². The fourth-order valence-electron chi connectivity index (χ4n) is 1.80. The van der Waals surface area contributed by atoms with Crippen molar-refractivity contribution in [2.24, 2.45) is 0 Å². The Balaban J connectivity index is 1.69. The first-order valence-corrected chi connectivity index (χ1v) is 7.29. The molecule has 0 aliphatic rings. The first-order chi connectivity index (χ1) is 10.7. The minimum absolute atomic E-state index is 0.0779. The van der Waals surface area contributed by atoms with Crippen molar-refractivity contribution in [2.45, 2.75) is 6.54 Å². The maximum absolute atomic E-state index is 12.0. The highest BCUT2D eigenvalue weighted by Crippen LogP contribution is 2.21. The molecular formula is C15H11BrN4O2. The summed E-state index contributed by atoms with van der Waals surface area (Å²) in [7, 11) is 0. The molecule has 22 heavy (non-hydrogen) atoms.